The molecular weight excluding hydrogens is 510 g/mol. The molecule has 40 heavy (non-hydrogen) atoms. The summed E-state index contributed by atoms with van der Waals surface area (Å²) in [5, 5.41) is 10.2. The van der Waals surface area contributed by atoms with Gasteiger partial charge in [0.2, 0.25) is 0 Å². The smallest absolute Gasteiger partial charge is 0.336 e. The number of rotatable bonds is 14. The van der Waals surface area contributed by atoms with Crippen LogP contribution >= 0.6 is 0 Å². The first-order valence-electron chi connectivity index (χ1n) is 13.8. The first-order valence-corrected chi connectivity index (χ1v) is 13.8. The van der Waals surface area contributed by atoms with Crippen molar-refractivity contribution in [3.8, 4) is 11.5 Å². The highest BCUT2D eigenvalue weighted by Crippen LogP contribution is 2.23. The van der Waals surface area contributed by atoms with Gasteiger partial charge in [0.15, 0.2) is 0 Å². The summed E-state index contributed by atoms with van der Waals surface area (Å²) in [5.41, 5.74) is 1.97. The Hall–Kier alpha value is -4.40. The number of unbranched alkanes of at least 4 members (excludes halogenated alkanes) is 6. The Bertz CT molecular complexity index is 1690. The standard InChI is InChI=1S/C31H33N3O6/c1-22-17-31(36)40-29-19-26(12-13-27(22)29)38-21-24-20-34(33-32-24)15-7-5-3-2-4-6-8-16-37-25-11-9-23-10-14-30(35)39-28(23)18-25/h9-14,17-20H,2-8,15-16,21H2,1H3. The number of nitrogens with zero attached hydrogens (tertiary/aromatic N) is 3. The van der Waals surface area contributed by atoms with Crippen LogP contribution in [-0.4, -0.2) is 21.6 Å². The van der Waals surface area contributed by atoms with Gasteiger partial charge in [-0.2, -0.15) is 0 Å². The zero-order valence-electron chi connectivity index (χ0n) is 22.6. The fourth-order valence-electron chi connectivity index (χ4n) is 4.65. The van der Waals surface area contributed by atoms with E-state index in [2.05, 4.69) is 10.3 Å². The molecule has 0 aliphatic carbocycles. The summed E-state index contributed by atoms with van der Waals surface area (Å²) in [5.74, 6) is 1.34. The summed E-state index contributed by atoms with van der Waals surface area (Å²) in [6.45, 7) is 3.65. The first kappa shape index (κ1) is 27.2. The predicted octanol–water partition coefficient (Wildman–Crippen LogP) is 6.19. The van der Waals surface area contributed by atoms with Crippen LogP contribution in [0.25, 0.3) is 21.9 Å². The van der Waals surface area contributed by atoms with Crippen molar-refractivity contribution in [2.45, 2.75) is 65.0 Å². The Morgan fingerprint density at radius 3 is 2.33 bits per heavy atom. The number of ether oxygens (including phenoxy) is 2. The molecule has 9 nitrogen and oxygen atoms in total. The van der Waals surface area contributed by atoms with Crippen molar-refractivity contribution < 1.29 is 18.3 Å². The van der Waals surface area contributed by atoms with Gasteiger partial charge in [-0.1, -0.05) is 37.3 Å². The average Bonchev–Trinajstić information content (AvgIpc) is 3.40. The van der Waals surface area contributed by atoms with Crippen LogP contribution in [0.1, 0.15) is 56.2 Å². The zero-order chi connectivity index (χ0) is 27.7. The molecule has 0 aliphatic rings. The van der Waals surface area contributed by atoms with Gasteiger partial charge >= 0.3 is 11.3 Å². The summed E-state index contributed by atoms with van der Waals surface area (Å²) >= 11 is 0. The number of aromatic nitrogens is 3. The Morgan fingerprint density at radius 1 is 0.750 bits per heavy atom. The summed E-state index contributed by atoms with van der Waals surface area (Å²) in [6.07, 6.45) is 9.79. The monoisotopic (exact) mass is 543 g/mol. The van der Waals surface area contributed by atoms with Crippen molar-refractivity contribution >= 4 is 21.9 Å². The molecule has 0 N–H and O–H groups in total. The summed E-state index contributed by atoms with van der Waals surface area (Å²) in [7, 11) is 0. The highest BCUT2D eigenvalue weighted by molar-refractivity contribution is 5.81. The van der Waals surface area contributed by atoms with E-state index in [9.17, 15) is 9.59 Å². The quantitative estimate of drug-likeness (QED) is 0.120. The van der Waals surface area contributed by atoms with E-state index >= 15 is 0 Å². The molecule has 0 spiro atoms. The SMILES string of the molecule is Cc1cc(=O)oc2cc(OCc3cn(CCCCCCCCCOc4ccc5ccc(=O)oc5c4)nn3)ccc12. The van der Waals surface area contributed by atoms with Crippen LogP contribution in [0.2, 0.25) is 0 Å². The molecular formula is C31H33N3O6. The number of fused-ring (bicyclic) bond motifs is 2. The van der Waals surface area contributed by atoms with E-state index in [0.29, 0.717) is 30.1 Å². The molecule has 2 aromatic carbocycles. The molecule has 5 aromatic rings. The Kier molecular flexibility index (Phi) is 8.90. The van der Waals surface area contributed by atoms with Crippen LogP contribution in [0.15, 0.2) is 79.2 Å². The zero-order valence-corrected chi connectivity index (χ0v) is 22.6. The van der Waals surface area contributed by atoms with E-state index in [1.54, 1.807) is 18.2 Å². The molecule has 0 unspecified atom stereocenters. The second-order valence-corrected chi connectivity index (χ2v) is 9.95. The van der Waals surface area contributed by atoms with E-state index in [0.717, 1.165) is 60.0 Å². The average molecular weight is 544 g/mol. The maximum atomic E-state index is 11.6. The molecule has 5 rings (SSSR count). The van der Waals surface area contributed by atoms with Gasteiger partial charge in [0, 0.05) is 41.6 Å². The lowest BCUT2D eigenvalue weighted by Crippen LogP contribution is -2.00. The number of hydrogen-bond donors (Lipinski definition) is 0. The molecule has 0 aliphatic heterocycles. The minimum atomic E-state index is -0.369. The van der Waals surface area contributed by atoms with Crippen molar-refractivity contribution in [1.29, 1.82) is 0 Å². The molecule has 0 bridgehead atoms. The third kappa shape index (κ3) is 7.37. The predicted molar refractivity (Wildman–Crippen MR) is 152 cm³/mol. The highest BCUT2D eigenvalue weighted by atomic mass is 16.5. The Balaban J connectivity index is 0.927. The lowest BCUT2D eigenvalue weighted by molar-refractivity contribution is 0.301. The van der Waals surface area contributed by atoms with Crippen LogP contribution in [0.5, 0.6) is 11.5 Å². The maximum Gasteiger partial charge on any atom is 0.336 e. The molecule has 0 fully saturated rings. The number of aryl methyl sites for hydroxylation is 2. The molecule has 3 heterocycles. The van der Waals surface area contributed by atoms with Crippen molar-refractivity contribution in [1.82, 2.24) is 15.0 Å². The largest absolute Gasteiger partial charge is 0.493 e. The summed E-state index contributed by atoms with van der Waals surface area (Å²) in [6, 6.07) is 15.7. The van der Waals surface area contributed by atoms with Gasteiger partial charge in [0.1, 0.15) is 35.0 Å². The molecule has 3 aromatic heterocycles. The Morgan fingerprint density at radius 2 is 1.45 bits per heavy atom. The van der Waals surface area contributed by atoms with Crippen LogP contribution in [0.3, 0.4) is 0 Å². The van der Waals surface area contributed by atoms with Gasteiger partial charge in [-0.25, -0.2) is 9.59 Å². The lowest BCUT2D eigenvalue weighted by atomic mass is 10.1. The highest BCUT2D eigenvalue weighted by Gasteiger charge is 2.07. The summed E-state index contributed by atoms with van der Waals surface area (Å²) in [4.78, 5) is 23.0. The van der Waals surface area contributed by atoms with Crippen LogP contribution in [-0.2, 0) is 13.2 Å². The van der Waals surface area contributed by atoms with Crippen molar-refractivity contribution in [2.75, 3.05) is 6.61 Å². The van der Waals surface area contributed by atoms with Gasteiger partial charge < -0.3 is 18.3 Å². The van der Waals surface area contributed by atoms with E-state index in [4.69, 9.17) is 18.3 Å². The molecule has 0 atom stereocenters. The molecule has 208 valence electrons. The van der Waals surface area contributed by atoms with E-state index in [1.165, 1.54) is 31.4 Å². The third-order valence-corrected chi connectivity index (χ3v) is 6.79. The molecule has 0 saturated carbocycles. The van der Waals surface area contributed by atoms with Crippen LogP contribution in [0, 0.1) is 6.92 Å². The number of hydrogen-bond acceptors (Lipinski definition) is 8. The van der Waals surface area contributed by atoms with E-state index < -0.39 is 0 Å². The Labute approximate surface area is 231 Å². The van der Waals surface area contributed by atoms with Crippen LogP contribution in [0.4, 0.5) is 0 Å². The number of benzene rings is 2. The first-order chi connectivity index (χ1) is 19.5. The molecule has 0 amide bonds. The summed E-state index contributed by atoms with van der Waals surface area (Å²) < 4.78 is 24.0. The van der Waals surface area contributed by atoms with Crippen molar-refractivity contribution in [3.05, 3.63) is 92.9 Å². The van der Waals surface area contributed by atoms with Gasteiger partial charge in [-0.3, -0.25) is 4.68 Å². The van der Waals surface area contributed by atoms with Gasteiger partial charge in [0.05, 0.1) is 12.8 Å². The second kappa shape index (κ2) is 13.1. The fourth-order valence-corrected chi connectivity index (χ4v) is 4.65. The van der Waals surface area contributed by atoms with Crippen LogP contribution < -0.4 is 20.7 Å². The topological polar surface area (TPSA) is 110 Å². The van der Waals surface area contributed by atoms with Crippen molar-refractivity contribution in [2.24, 2.45) is 0 Å². The van der Waals surface area contributed by atoms with Gasteiger partial charge in [-0.15, -0.1) is 5.10 Å². The maximum absolute atomic E-state index is 11.6. The van der Waals surface area contributed by atoms with E-state index in [-0.39, 0.29) is 11.3 Å². The van der Waals surface area contributed by atoms with Gasteiger partial charge in [-0.05, 0) is 55.7 Å². The minimum Gasteiger partial charge on any atom is -0.493 e. The van der Waals surface area contributed by atoms with Crippen molar-refractivity contribution in [3.63, 3.8) is 0 Å². The molecule has 0 saturated heterocycles. The minimum absolute atomic E-state index is 0.294. The molecule has 0 radical (unpaired) electrons. The second-order valence-electron chi connectivity index (χ2n) is 9.95. The lowest BCUT2D eigenvalue weighted by Gasteiger charge is -2.07. The fraction of sp³-hybridized carbons (Fsp3) is 0.355. The van der Waals surface area contributed by atoms with Gasteiger partial charge in [0.25, 0.3) is 0 Å². The normalized spacial score (nSPS) is 11.3. The van der Waals surface area contributed by atoms with E-state index in [1.807, 2.05) is 42.1 Å². The third-order valence-electron chi connectivity index (χ3n) is 6.79. The molecule has 9 heteroatoms.